The highest BCUT2D eigenvalue weighted by Gasteiger charge is 2.43. The highest BCUT2D eigenvalue weighted by Crippen LogP contribution is 2.58. The van der Waals surface area contributed by atoms with Crippen molar-refractivity contribution in [3.8, 4) is 0 Å². The van der Waals surface area contributed by atoms with Crippen LogP contribution in [0.2, 0.25) is 0 Å². The molecule has 0 aliphatic carbocycles. The summed E-state index contributed by atoms with van der Waals surface area (Å²) in [7, 11) is -0.588. The number of hydrogen-bond donors (Lipinski definition) is 0. The Morgan fingerprint density at radius 1 is 1.44 bits per heavy atom. The van der Waals surface area contributed by atoms with Gasteiger partial charge < -0.3 is 18.5 Å². The Morgan fingerprint density at radius 2 is 2.12 bits per heavy atom. The fourth-order valence-electron chi connectivity index (χ4n) is 2.13. The van der Waals surface area contributed by atoms with E-state index in [1.165, 1.54) is 14.2 Å². The van der Waals surface area contributed by atoms with Crippen LogP contribution < -0.4 is 0 Å². The molecule has 5 nitrogen and oxygen atoms in total. The number of allylic oxidation sites excluding steroid dienone is 1. The van der Waals surface area contributed by atoms with Crippen molar-refractivity contribution in [1.82, 2.24) is 0 Å². The van der Waals surface area contributed by atoms with Gasteiger partial charge >= 0.3 is 7.60 Å². The van der Waals surface area contributed by atoms with Gasteiger partial charge in [-0.1, -0.05) is 6.92 Å². The summed E-state index contributed by atoms with van der Waals surface area (Å²) in [5.74, 6) is 0.598. The third kappa shape index (κ3) is 1.93. The first-order valence-corrected chi connectivity index (χ1v) is 6.87. The molecule has 0 aromatic heterocycles. The lowest BCUT2D eigenvalue weighted by atomic mass is 9.91. The molecular weight excluding hydrogens is 231 g/mol. The summed E-state index contributed by atoms with van der Waals surface area (Å²) in [6, 6.07) is 0. The lowest BCUT2D eigenvalue weighted by Crippen LogP contribution is -2.29. The molecule has 3 atom stereocenters. The van der Waals surface area contributed by atoms with Crippen molar-refractivity contribution in [3.63, 3.8) is 0 Å². The quantitative estimate of drug-likeness (QED) is 0.717. The minimum absolute atomic E-state index is 0.259. The number of ether oxygens (including phenoxy) is 2. The Kier molecular flexibility index (Phi) is 3.40. The molecule has 92 valence electrons. The third-order valence-corrected chi connectivity index (χ3v) is 4.91. The molecule has 0 aromatic carbocycles. The second-order valence-electron chi connectivity index (χ2n) is 4.04. The van der Waals surface area contributed by atoms with Crippen LogP contribution in [-0.4, -0.2) is 27.1 Å². The summed E-state index contributed by atoms with van der Waals surface area (Å²) in [4.78, 5) is 0. The van der Waals surface area contributed by atoms with E-state index >= 15 is 0 Å². The van der Waals surface area contributed by atoms with Crippen molar-refractivity contribution in [2.75, 3.05) is 20.8 Å². The maximum absolute atomic E-state index is 12.1. The molecule has 0 bridgehead atoms. The Morgan fingerprint density at radius 3 is 2.75 bits per heavy atom. The smallest absolute Gasteiger partial charge is 0.394 e. The summed E-state index contributed by atoms with van der Waals surface area (Å²) in [6.07, 6.45) is 2.48. The van der Waals surface area contributed by atoms with E-state index in [1.54, 1.807) is 0 Å². The molecule has 16 heavy (non-hydrogen) atoms. The molecule has 0 unspecified atom stereocenters. The van der Waals surface area contributed by atoms with Gasteiger partial charge in [0.1, 0.15) is 0 Å². The van der Waals surface area contributed by atoms with Gasteiger partial charge in [0.25, 0.3) is 0 Å². The van der Waals surface area contributed by atoms with E-state index in [9.17, 15) is 4.57 Å². The first-order chi connectivity index (χ1) is 7.60. The van der Waals surface area contributed by atoms with Crippen LogP contribution >= 0.6 is 7.60 Å². The van der Waals surface area contributed by atoms with E-state index in [4.69, 9.17) is 18.5 Å². The maximum Gasteiger partial charge on any atom is 0.394 e. The second-order valence-corrected chi connectivity index (χ2v) is 6.20. The Hall–Kier alpha value is -0.350. The van der Waals surface area contributed by atoms with Crippen LogP contribution in [-0.2, 0) is 23.1 Å². The summed E-state index contributed by atoms with van der Waals surface area (Å²) >= 11 is 0. The van der Waals surface area contributed by atoms with Gasteiger partial charge in [0.15, 0.2) is 0 Å². The van der Waals surface area contributed by atoms with Crippen molar-refractivity contribution in [1.29, 1.82) is 0 Å². The van der Waals surface area contributed by atoms with Crippen LogP contribution in [0.15, 0.2) is 11.6 Å². The van der Waals surface area contributed by atoms with E-state index < -0.39 is 7.60 Å². The largest absolute Gasteiger partial charge is 0.456 e. The zero-order valence-corrected chi connectivity index (χ0v) is 10.6. The fourth-order valence-corrected chi connectivity index (χ4v) is 3.29. The monoisotopic (exact) mass is 248 g/mol. The summed E-state index contributed by atoms with van der Waals surface area (Å²) in [5, 5.41) is 0. The molecule has 1 fully saturated rings. The van der Waals surface area contributed by atoms with E-state index in [-0.39, 0.29) is 17.7 Å². The van der Waals surface area contributed by atoms with Gasteiger partial charge in [-0.05, 0) is 18.4 Å². The molecule has 0 saturated carbocycles. The maximum atomic E-state index is 12.1. The fraction of sp³-hybridized carbons (Fsp3) is 0.800. The first kappa shape index (κ1) is 12.1. The van der Waals surface area contributed by atoms with Crippen molar-refractivity contribution < 1.29 is 23.1 Å². The zero-order valence-electron chi connectivity index (χ0n) is 9.71. The predicted octanol–water partition coefficient (Wildman–Crippen LogP) is 2.34. The minimum atomic E-state index is -3.28. The molecular formula is C10H17O5P. The zero-order chi connectivity index (χ0) is 11.8. The van der Waals surface area contributed by atoms with Gasteiger partial charge in [-0.2, -0.15) is 0 Å². The molecule has 0 radical (unpaired) electrons. The van der Waals surface area contributed by atoms with Crippen LogP contribution in [0.5, 0.6) is 0 Å². The van der Waals surface area contributed by atoms with Gasteiger partial charge in [-0.15, -0.1) is 0 Å². The van der Waals surface area contributed by atoms with Crippen LogP contribution in [0.3, 0.4) is 0 Å². The Labute approximate surface area is 95.2 Å². The highest BCUT2D eigenvalue weighted by atomic mass is 31.2. The summed E-state index contributed by atoms with van der Waals surface area (Å²) in [5.41, 5.74) is 0.271. The highest BCUT2D eigenvalue weighted by molar-refractivity contribution is 7.58. The predicted molar refractivity (Wildman–Crippen MR) is 57.8 cm³/mol. The average molecular weight is 248 g/mol. The van der Waals surface area contributed by atoms with E-state index in [0.717, 1.165) is 6.42 Å². The van der Waals surface area contributed by atoms with Crippen molar-refractivity contribution in [2.24, 2.45) is 11.8 Å². The standard InChI is InChI=1S/C10H17O5P/c1-7-6-9(16(11,12-2)13-3)15-10-8(7)4-5-14-10/h6-8,10H,4-5H2,1-3H3/t7-,8-,10+/m0/s1. The number of hydrogen-bond acceptors (Lipinski definition) is 5. The molecule has 1 saturated heterocycles. The molecule has 0 N–H and O–H groups in total. The summed E-state index contributed by atoms with van der Waals surface area (Å²) < 4.78 is 33.0. The lowest BCUT2D eigenvalue weighted by molar-refractivity contribution is -0.112. The summed E-state index contributed by atoms with van der Waals surface area (Å²) in [6.45, 7) is 2.75. The van der Waals surface area contributed by atoms with Crippen molar-refractivity contribution >= 4 is 7.60 Å². The van der Waals surface area contributed by atoms with E-state index in [0.29, 0.717) is 12.5 Å². The normalized spacial score (nSPS) is 34.2. The second kappa shape index (κ2) is 4.49. The SMILES string of the molecule is COP(=O)(OC)C1=C[C@H](C)[C@@H]2CCO[C@@H]2O1. The Bertz CT molecular complexity index is 332. The Balaban J connectivity index is 2.24. The first-order valence-electron chi connectivity index (χ1n) is 5.33. The molecule has 2 aliphatic heterocycles. The topological polar surface area (TPSA) is 54.0 Å². The van der Waals surface area contributed by atoms with Gasteiger partial charge in [0.2, 0.25) is 11.8 Å². The molecule has 2 heterocycles. The van der Waals surface area contributed by atoms with Crippen LogP contribution in [0.4, 0.5) is 0 Å². The van der Waals surface area contributed by atoms with E-state index in [1.807, 2.05) is 6.08 Å². The van der Waals surface area contributed by atoms with Crippen molar-refractivity contribution in [3.05, 3.63) is 11.6 Å². The van der Waals surface area contributed by atoms with E-state index in [2.05, 4.69) is 6.92 Å². The number of rotatable bonds is 3. The van der Waals surface area contributed by atoms with Crippen LogP contribution in [0.1, 0.15) is 13.3 Å². The van der Waals surface area contributed by atoms with Gasteiger partial charge in [0, 0.05) is 20.1 Å². The molecule has 2 rings (SSSR count). The lowest BCUT2D eigenvalue weighted by Gasteiger charge is -2.31. The number of fused-ring (bicyclic) bond motifs is 1. The average Bonchev–Trinajstić information content (AvgIpc) is 2.76. The minimum Gasteiger partial charge on any atom is -0.456 e. The molecule has 6 heteroatoms. The van der Waals surface area contributed by atoms with Gasteiger partial charge in [-0.25, -0.2) is 0 Å². The molecule has 0 spiro atoms. The molecule has 0 amide bonds. The molecule has 2 aliphatic rings. The third-order valence-electron chi connectivity index (χ3n) is 3.15. The van der Waals surface area contributed by atoms with Crippen LogP contribution in [0.25, 0.3) is 0 Å². The van der Waals surface area contributed by atoms with Crippen LogP contribution in [0, 0.1) is 11.8 Å². The van der Waals surface area contributed by atoms with Gasteiger partial charge in [0.05, 0.1) is 6.61 Å². The van der Waals surface area contributed by atoms with Gasteiger partial charge in [-0.3, -0.25) is 4.57 Å². The van der Waals surface area contributed by atoms with Crippen molar-refractivity contribution in [2.45, 2.75) is 19.6 Å². The molecule has 0 aromatic rings.